The summed E-state index contributed by atoms with van der Waals surface area (Å²) >= 11 is 5.82. The highest BCUT2D eigenvalue weighted by Gasteiger charge is 2.20. The van der Waals surface area contributed by atoms with Crippen molar-refractivity contribution in [1.82, 2.24) is 13.9 Å². The molecule has 1 aromatic heterocycles. The molecule has 0 aliphatic rings. The van der Waals surface area contributed by atoms with Gasteiger partial charge in [0, 0.05) is 37.6 Å². The van der Waals surface area contributed by atoms with E-state index in [1.807, 2.05) is 11.5 Å². The van der Waals surface area contributed by atoms with E-state index in [1.54, 1.807) is 30.3 Å². The smallest absolute Gasteiger partial charge is 0.306 e. The summed E-state index contributed by atoms with van der Waals surface area (Å²) in [5, 5.41) is 0.534. The summed E-state index contributed by atoms with van der Waals surface area (Å²) in [7, 11) is -0.656. The van der Waals surface area contributed by atoms with Crippen molar-refractivity contribution < 1.29 is 22.7 Å². The summed E-state index contributed by atoms with van der Waals surface area (Å²) in [6, 6.07) is 11.2. The van der Waals surface area contributed by atoms with Crippen LogP contribution in [-0.2, 0) is 32.7 Å². The summed E-state index contributed by atoms with van der Waals surface area (Å²) in [6.07, 6.45) is -0.0323. The van der Waals surface area contributed by atoms with E-state index in [2.05, 4.69) is 4.98 Å². The monoisotopic (exact) mass is 477 g/mol. The third kappa shape index (κ3) is 5.17. The number of carbonyl (C=O) groups excluding carboxylic acids is 2. The Morgan fingerprint density at radius 2 is 1.78 bits per heavy atom. The first-order chi connectivity index (χ1) is 15.1. The van der Waals surface area contributed by atoms with Gasteiger partial charge >= 0.3 is 5.97 Å². The Labute approximate surface area is 191 Å². The van der Waals surface area contributed by atoms with Gasteiger partial charge < -0.3 is 9.30 Å². The topological polar surface area (TPSA) is 98.6 Å². The van der Waals surface area contributed by atoms with Gasteiger partial charge in [0.05, 0.1) is 22.3 Å². The number of ether oxygens (including phenoxy) is 1. The standard InChI is InChI=1S/C22H24ClN3O5S/c1-4-26-19-10-9-17(32(29,30)25(2)3)13-18(19)24-21(26)14-31-22(28)12-11-20(27)15-5-7-16(23)8-6-15/h5-10,13H,4,11-12,14H2,1-3H3. The number of aryl methyl sites for hydroxylation is 1. The first kappa shape index (κ1) is 23.9. The van der Waals surface area contributed by atoms with Crippen molar-refractivity contribution in [2.75, 3.05) is 14.1 Å². The summed E-state index contributed by atoms with van der Waals surface area (Å²) in [5.74, 6) is -0.189. The summed E-state index contributed by atoms with van der Waals surface area (Å²) < 4.78 is 33.1. The van der Waals surface area contributed by atoms with Gasteiger partial charge in [0.25, 0.3) is 0 Å². The number of Topliss-reactive ketones (excluding diaryl/α,β-unsaturated/α-hetero) is 1. The lowest BCUT2D eigenvalue weighted by molar-refractivity contribution is -0.145. The normalized spacial score (nSPS) is 11.8. The summed E-state index contributed by atoms with van der Waals surface area (Å²) in [5.41, 5.74) is 1.73. The van der Waals surface area contributed by atoms with Gasteiger partial charge in [-0.15, -0.1) is 0 Å². The van der Waals surface area contributed by atoms with Gasteiger partial charge in [-0.1, -0.05) is 11.6 Å². The van der Waals surface area contributed by atoms with Crippen molar-refractivity contribution in [3.8, 4) is 0 Å². The van der Waals surface area contributed by atoms with Crippen molar-refractivity contribution in [3.05, 3.63) is 58.9 Å². The molecule has 0 aliphatic heterocycles. The third-order valence-corrected chi connectivity index (χ3v) is 7.04. The number of ketones is 1. The van der Waals surface area contributed by atoms with Crippen molar-refractivity contribution in [2.24, 2.45) is 0 Å². The minimum Gasteiger partial charge on any atom is -0.457 e. The Bertz CT molecular complexity index is 1250. The van der Waals surface area contributed by atoms with Gasteiger partial charge in [-0.05, 0) is 49.4 Å². The van der Waals surface area contributed by atoms with Crippen LogP contribution >= 0.6 is 11.6 Å². The van der Waals surface area contributed by atoms with E-state index in [1.165, 1.54) is 26.2 Å². The molecule has 0 radical (unpaired) electrons. The Hall–Kier alpha value is -2.75. The lowest BCUT2D eigenvalue weighted by atomic mass is 10.1. The molecular formula is C22H24ClN3O5S. The van der Waals surface area contributed by atoms with Crippen LogP contribution in [0.4, 0.5) is 0 Å². The molecule has 8 nitrogen and oxygen atoms in total. The van der Waals surface area contributed by atoms with Gasteiger partial charge in [-0.25, -0.2) is 17.7 Å². The second kappa shape index (κ2) is 9.81. The fraction of sp³-hybridized carbons (Fsp3) is 0.318. The van der Waals surface area contributed by atoms with Crippen LogP contribution in [0.3, 0.4) is 0 Å². The molecule has 3 aromatic rings. The lowest BCUT2D eigenvalue weighted by Gasteiger charge is -2.11. The van der Waals surface area contributed by atoms with Gasteiger partial charge in [-0.3, -0.25) is 9.59 Å². The summed E-state index contributed by atoms with van der Waals surface area (Å²) in [6.45, 7) is 2.41. The largest absolute Gasteiger partial charge is 0.457 e. The van der Waals surface area contributed by atoms with Gasteiger partial charge in [0.2, 0.25) is 10.0 Å². The third-order valence-electron chi connectivity index (χ3n) is 4.98. The fourth-order valence-electron chi connectivity index (χ4n) is 3.21. The molecule has 170 valence electrons. The van der Waals surface area contributed by atoms with Crippen LogP contribution in [0.1, 0.15) is 35.9 Å². The predicted molar refractivity (Wildman–Crippen MR) is 121 cm³/mol. The average Bonchev–Trinajstić information content (AvgIpc) is 3.13. The lowest BCUT2D eigenvalue weighted by Crippen LogP contribution is -2.22. The van der Waals surface area contributed by atoms with E-state index in [0.717, 1.165) is 9.82 Å². The average molecular weight is 478 g/mol. The SMILES string of the molecule is CCn1c(COC(=O)CCC(=O)c2ccc(Cl)cc2)nc2cc(S(=O)(=O)N(C)C)ccc21. The molecule has 1 heterocycles. The van der Waals surface area contributed by atoms with Gasteiger partial charge in [-0.2, -0.15) is 0 Å². The first-order valence-corrected chi connectivity index (χ1v) is 11.8. The number of esters is 1. The molecule has 3 rings (SSSR count). The van der Waals surface area contributed by atoms with Crippen LogP contribution in [0, 0.1) is 0 Å². The molecule has 0 fully saturated rings. The minimum atomic E-state index is -3.59. The highest BCUT2D eigenvalue weighted by molar-refractivity contribution is 7.89. The number of hydrogen-bond donors (Lipinski definition) is 0. The number of rotatable bonds is 9. The Balaban J connectivity index is 1.68. The molecule has 0 aliphatic carbocycles. The predicted octanol–water partition coefficient (Wildman–Crippen LogP) is 3.67. The summed E-state index contributed by atoms with van der Waals surface area (Å²) in [4.78, 5) is 29.0. The zero-order chi connectivity index (χ0) is 23.5. The van der Waals surface area contributed by atoms with Crippen LogP contribution in [0.15, 0.2) is 47.4 Å². The molecule has 0 bridgehead atoms. The number of fused-ring (bicyclic) bond motifs is 1. The van der Waals surface area contributed by atoms with Crippen LogP contribution in [-0.4, -0.2) is 48.1 Å². The Morgan fingerprint density at radius 3 is 2.41 bits per heavy atom. The molecule has 10 heteroatoms. The minimum absolute atomic E-state index is 0.0242. The number of imidazole rings is 1. The quantitative estimate of drug-likeness (QED) is 0.344. The number of aromatic nitrogens is 2. The molecule has 32 heavy (non-hydrogen) atoms. The maximum Gasteiger partial charge on any atom is 0.306 e. The molecule has 0 spiro atoms. The molecule has 0 atom stereocenters. The maximum absolute atomic E-state index is 12.4. The zero-order valence-corrected chi connectivity index (χ0v) is 19.6. The van der Waals surface area contributed by atoms with Crippen LogP contribution in [0.2, 0.25) is 5.02 Å². The molecule has 2 aromatic carbocycles. The maximum atomic E-state index is 12.4. The second-order valence-corrected chi connectivity index (χ2v) is 9.89. The van der Waals surface area contributed by atoms with Crippen molar-refractivity contribution in [3.63, 3.8) is 0 Å². The molecule has 0 amide bonds. The van der Waals surface area contributed by atoms with E-state index in [0.29, 0.717) is 28.5 Å². The van der Waals surface area contributed by atoms with Crippen LogP contribution < -0.4 is 0 Å². The highest BCUT2D eigenvalue weighted by atomic mass is 35.5. The van der Waals surface area contributed by atoms with E-state index in [4.69, 9.17) is 16.3 Å². The number of sulfonamides is 1. The number of benzene rings is 2. The Kier molecular flexibility index (Phi) is 7.33. The van der Waals surface area contributed by atoms with Crippen molar-refractivity contribution in [2.45, 2.75) is 37.8 Å². The number of hydrogen-bond acceptors (Lipinski definition) is 6. The molecular weight excluding hydrogens is 454 g/mol. The fourth-order valence-corrected chi connectivity index (χ4v) is 4.25. The van der Waals surface area contributed by atoms with Crippen LogP contribution in [0.25, 0.3) is 11.0 Å². The van der Waals surface area contributed by atoms with Crippen molar-refractivity contribution in [1.29, 1.82) is 0 Å². The zero-order valence-electron chi connectivity index (χ0n) is 18.0. The van der Waals surface area contributed by atoms with Crippen molar-refractivity contribution >= 4 is 44.4 Å². The van der Waals surface area contributed by atoms with Gasteiger partial charge in [0.15, 0.2) is 5.78 Å². The van der Waals surface area contributed by atoms with E-state index in [9.17, 15) is 18.0 Å². The molecule has 0 saturated heterocycles. The van der Waals surface area contributed by atoms with E-state index >= 15 is 0 Å². The molecule has 0 saturated carbocycles. The number of carbonyl (C=O) groups is 2. The van der Waals surface area contributed by atoms with Gasteiger partial charge in [0.1, 0.15) is 12.4 Å². The molecule has 0 N–H and O–H groups in total. The highest BCUT2D eigenvalue weighted by Crippen LogP contribution is 2.22. The number of nitrogens with zero attached hydrogens (tertiary/aromatic N) is 3. The van der Waals surface area contributed by atoms with E-state index in [-0.39, 0.29) is 30.1 Å². The second-order valence-electron chi connectivity index (χ2n) is 7.30. The van der Waals surface area contributed by atoms with E-state index < -0.39 is 16.0 Å². The first-order valence-electron chi connectivity index (χ1n) is 9.99. The number of halogens is 1. The van der Waals surface area contributed by atoms with Crippen LogP contribution in [0.5, 0.6) is 0 Å². The molecule has 0 unspecified atom stereocenters. The Morgan fingerprint density at radius 1 is 1.09 bits per heavy atom.